The molecule has 1 aromatic heterocycles. The third-order valence-electron chi connectivity index (χ3n) is 3.25. The monoisotopic (exact) mass is 271 g/mol. The van der Waals surface area contributed by atoms with Crippen LogP contribution in [0.5, 0.6) is 0 Å². The van der Waals surface area contributed by atoms with E-state index in [0.29, 0.717) is 0 Å². The maximum absolute atomic E-state index is 5.97. The first-order valence-electron chi connectivity index (χ1n) is 5.67. The van der Waals surface area contributed by atoms with Gasteiger partial charge in [0.15, 0.2) is 0 Å². The summed E-state index contributed by atoms with van der Waals surface area (Å²) in [5, 5.41) is 4.45. The molecule has 0 spiro atoms. The fourth-order valence-corrected chi connectivity index (χ4v) is 2.61. The molecule has 4 heteroatoms. The van der Waals surface area contributed by atoms with E-state index in [1.54, 1.807) is 0 Å². The van der Waals surface area contributed by atoms with Crippen molar-refractivity contribution in [2.75, 3.05) is 5.73 Å². The smallest absolute Gasteiger partial charge is 0.136 e. The molecule has 1 aliphatic carbocycles. The van der Waals surface area contributed by atoms with Crippen LogP contribution in [0.4, 0.5) is 5.82 Å². The molecule has 0 bridgehead atoms. The predicted octanol–water partition coefficient (Wildman–Crippen LogP) is 3.12. The first kappa shape index (κ1) is 11.0. The summed E-state index contributed by atoms with van der Waals surface area (Å²) in [5.74, 6) is 1.55. The minimum Gasteiger partial charge on any atom is -0.383 e. The van der Waals surface area contributed by atoms with Crippen LogP contribution in [-0.4, -0.2) is 9.78 Å². The van der Waals surface area contributed by atoms with Crippen LogP contribution in [-0.2, 0) is 6.54 Å². The van der Waals surface area contributed by atoms with Gasteiger partial charge in [-0.15, -0.1) is 0 Å². The fraction of sp³-hybridized carbons (Fsp3) is 0.727. The highest BCUT2D eigenvalue weighted by atomic mass is 79.9. The van der Waals surface area contributed by atoms with Crippen molar-refractivity contribution in [2.24, 2.45) is 5.92 Å². The number of nitrogens with two attached hydrogens (primary N) is 1. The van der Waals surface area contributed by atoms with Crippen molar-refractivity contribution in [1.82, 2.24) is 9.78 Å². The summed E-state index contributed by atoms with van der Waals surface area (Å²) in [4.78, 5) is 0. The molecule has 3 nitrogen and oxygen atoms in total. The Kier molecular flexibility index (Phi) is 3.34. The fourth-order valence-electron chi connectivity index (χ4n) is 2.33. The topological polar surface area (TPSA) is 43.8 Å². The lowest BCUT2D eigenvalue weighted by molar-refractivity contribution is 0.309. The third-order valence-corrected chi connectivity index (χ3v) is 4.23. The molecule has 0 aliphatic heterocycles. The van der Waals surface area contributed by atoms with Gasteiger partial charge in [-0.1, -0.05) is 19.3 Å². The van der Waals surface area contributed by atoms with Crippen molar-refractivity contribution in [3.8, 4) is 0 Å². The van der Waals surface area contributed by atoms with Crippen LogP contribution in [0.15, 0.2) is 4.47 Å². The molecule has 1 aromatic rings. The molecule has 0 saturated heterocycles. The number of aryl methyl sites for hydroxylation is 1. The maximum Gasteiger partial charge on any atom is 0.136 e. The van der Waals surface area contributed by atoms with Gasteiger partial charge in [-0.05, 0) is 41.6 Å². The molecular formula is C11H18BrN3. The van der Waals surface area contributed by atoms with Crippen molar-refractivity contribution >= 4 is 21.7 Å². The molecule has 0 amide bonds. The van der Waals surface area contributed by atoms with E-state index in [-0.39, 0.29) is 0 Å². The van der Waals surface area contributed by atoms with E-state index in [2.05, 4.69) is 21.0 Å². The van der Waals surface area contributed by atoms with Crippen molar-refractivity contribution in [3.05, 3.63) is 10.2 Å². The van der Waals surface area contributed by atoms with E-state index in [9.17, 15) is 0 Å². The third kappa shape index (κ3) is 2.36. The van der Waals surface area contributed by atoms with Gasteiger partial charge in [-0.2, -0.15) is 5.10 Å². The zero-order valence-electron chi connectivity index (χ0n) is 9.17. The van der Waals surface area contributed by atoms with Crippen LogP contribution < -0.4 is 5.73 Å². The van der Waals surface area contributed by atoms with E-state index in [1.807, 2.05) is 11.6 Å². The second kappa shape index (κ2) is 4.56. The summed E-state index contributed by atoms with van der Waals surface area (Å²) in [7, 11) is 0. The first-order chi connectivity index (χ1) is 7.18. The molecule has 15 heavy (non-hydrogen) atoms. The van der Waals surface area contributed by atoms with Crippen LogP contribution in [0.3, 0.4) is 0 Å². The minimum atomic E-state index is 0.771. The zero-order chi connectivity index (χ0) is 10.8. The molecular weight excluding hydrogens is 254 g/mol. The molecule has 1 aliphatic rings. The molecule has 0 aromatic carbocycles. The predicted molar refractivity (Wildman–Crippen MR) is 65.7 cm³/mol. The van der Waals surface area contributed by atoms with Gasteiger partial charge < -0.3 is 5.73 Å². The quantitative estimate of drug-likeness (QED) is 0.898. The Balaban J connectivity index is 2.06. The molecule has 0 unspecified atom stereocenters. The van der Waals surface area contributed by atoms with E-state index in [4.69, 9.17) is 5.73 Å². The second-order valence-corrected chi connectivity index (χ2v) is 5.26. The number of rotatable bonds is 2. The lowest BCUT2D eigenvalue weighted by Gasteiger charge is -2.21. The number of halogens is 1. The van der Waals surface area contributed by atoms with Crippen LogP contribution >= 0.6 is 15.9 Å². The Morgan fingerprint density at radius 1 is 1.40 bits per heavy atom. The van der Waals surface area contributed by atoms with E-state index >= 15 is 0 Å². The highest BCUT2D eigenvalue weighted by Gasteiger charge is 2.17. The molecule has 0 atom stereocenters. The van der Waals surface area contributed by atoms with Gasteiger partial charge >= 0.3 is 0 Å². The highest BCUT2D eigenvalue weighted by Crippen LogP contribution is 2.28. The summed E-state index contributed by atoms with van der Waals surface area (Å²) in [6.45, 7) is 2.97. The lowest BCUT2D eigenvalue weighted by atomic mass is 9.89. The average Bonchev–Trinajstić information content (AvgIpc) is 2.48. The number of nitrogen functional groups attached to an aromatic ring is 1. The normalized spacial score (nSPS) is 18.3. The van der Waals surface area contributed by atoms with Crippen LogP contribution in [0, 0.1) is 12.8 Å². The molecule has 1 heterocycles. The van der Waals surface area contributed by atoms with Crippen LogP contribution in [0.1, 0.15) is 37.8 Å². The van der Waals surface area contributed by atoms with Gasteiger partial charge in [-0.25, -0.2) is 4.68 Å². The number of hydrogen-bond acceptors (Lipinski definition) is 2. The van der Waals surface area contributed by atoms with Crippen molar-refractivity contribution in [3.63, 3.8) is 0 Å². The van der Waals surface area contributed by atoms with Crippen LogP contribution in [0.25, 0.3) is 0 Å². The van der Waals surface area contributed by atoms with E-state index in [1.165, 1.54) is 32.1 Å². The van der Waals surface area contributed by atoms with Crippen LogP contribution in [0.2, 0.25) is 0 Å². The Morgan fingerprint density at radius 2 is 2.07 bits per heavy atom. The molecule has 1 fully saturated rings. The van der Waals surface area contributed by atoms with Crippen molar-refractivity contribution < 1.29 is 0 Å². The molecule has 0 radical (unpaired) electrons. The standard InChI is InChI=1S/C11H18BrN3/c1-8-10(12)11(13)15(14-8)7-9-5-3-2-4-6-9/h9H,2-7,13H2,1H3. The number of hydrogen-bond donors (Lipinski definition) is 1. The van der Waals surface area contributed by atoms with Gasteiger partial charge in [0.05, 0.1) is 10.2 Å². The van der Waals surface area contributed by atoms with Gasteiger partial charge in [0.2, 0.25) is 0 Å². The number of aromatic nitrogens is 2. The SMILES string of the molecule is Cc1nn(CC2CCCCC2)c(N)c1Br. The Hall–Kier alpha value is -0.510. The highest BCUT2D eigenvalue weighted by molar-refractivity contribution is 9.10. The molecule has 2 N–H and O–H groups in total. The van der Waals surface area contributed by atoms with E-state index in [0.717, 1.165) is 28.4 Å². The summed E-state index contributed by atoms with van der Waals surface area (Å²) < 4.78 is 2.91. The van der Waals surface area contributed by atoms with Gasteiger partial charge in [-0.3, -0.25) is 0 Å². The summed E-state index contributed by atoms with van der Waals surface area (Å²) in [5.41, 5.74) is 6.96. The Morgan fingerprint density at radius 3 is 2.60 bits per heavy atom. The van der Waals surface area contributed by atoms with Gasteiger partial charge in [0, 0.05) is 6.54 Å². The zero-order valence-corrected chi connectivity index (χ0v) is 10.8. The first-order valence-corrected chi connectivity index (χ1v) is 6.46. The largest absolute Gasteiger partial charge is 0.383 e. The van der Waals surface area contributed by atoms with Crippen molar-refractivity contribution in [1.29, 1.82) is 0 Å². The molecule has 84 valence electrons. The van der Waals surface area contributed by atoms with Gasteiger partial charge in [0.1, 0.15) is 5.82 Å². The van der Waals surface area contributed by atoms with Crippen molar-refractivity contribution in [2.45, 2.75) is 45.6 Å². The van der Waals surface area contributed by atoms with Gasteiger partial charge in [0.25, 0.3) is 0 Å². The number of nitrogens with zero attached hydrogens (tertiary/aromatic N) is 2. The molecule has 2 rings (SSSR count). The molecule has 1 saturated carbocycles. The Labute approximate surface area is 99.2 Å². The maximum atomic E-state index is 5.97. The average molecular weight is 272 g/mol. The summed E-state index contributed by atoms with van der Waals surface area (Å²) in [6, 6.07) is 0. The Bertz CT molecular complexity index is 340. The number of anilines is 1. The van der Waals surface area contributed by atoms with E-state index < -0.39 is 0 Å². The summed E-state index contributed by atoms with van der Waals surface area (Å²) >= 11 is 3.46. The second-order valence-electron chi connectivity index (χ2n) is 4.47. The minimum absolute atomic E-state index is 0.771. The lowest BCUT2D eigenvalue weighted by Crippen LogP contribution is -2.16. The summed E-state index contributed by atoms with van der Waals surface area (Å²) in [6.07, 6.45) is 6.79.